The zero-order valence-electron chi connectivity index (χ0n) is 6.61. The summed E-state index contributed by atoms with van der Waals surface area (Å²) in [5, 5.41) is 1.05. The Hall–Kier alpha value is -0.830. The van der Waals surface area contributed by atoms with Gasteiger partial charge in [-0.05, 0) is 18.4 Å². The lowest BCUT2D eigenvalue weighted by molar-refractivity contribution is 1.32. The van der Waals surface area contributed by atoms with E-state index in [2.05, 4.69) is 9.98 Å². The minimum absolute atomic E-state index is 1.05. The predicted molar refractivity (Wildman–Crippen MR) is 50.2 cm³/mol. The second-order valence-corrected chi connectivity index (χ2v) is 2.76. The van der Waals surface area contributed by atoms with Gasteiger partial charge in [0.1, 0.15) is 0 Å². The first-order valence-electron chi connectivity index (χ1n) is 3.29. The van der Waals surface area contributed by atoms with Crippen LogP contribution in [0.3, 0.4) is 0 Å². The average Bonchev–Trinajstić information content (AvgIpc) is 2.09. The molecule has 0 N–H and O–H groups in total. The molecule has 0 saturated heterocycles. The van der Waals surface area contributed by atoms with Gasteiger partial charge in [0.2, 0.25) is 0 Å². The SMILES string of the molecule is CN=C(SC)c1ccncc1. The van der Waals surface area contributed by atoms with Crippen LogP contribution in [0, 0.1) is 0 Å². The average molecular weight is 166 g/mol. The highest BCUT2D eigenvalue weighted by molar-refractivity contribution is 8.13. The van der Waals surface area contributed by atoms with E-state index >= 15 is 0 Å². The lowest BCUT2D eigenvalue weighted by atomic mass is 10.3. The van der Waals surface area contributed by atoms with Crippen LogP contribution in [-0.4, -0.2) is 23.3 Å². The summed E-state index contributed by atoms with van der Waals surface area (Å²) in [5.74, 6) is 0. The van der Waals surface area contributed by atoms with Crippen LogP contribution in [0.2, 0.25) is 0 Å². The van der Waals surface area contributed by atoms with Crippen molar-refractivity contribution in [2.45, 2.75) is 0 Å². The molecule has 0 aliphatic carbocycles. The van der Waals surface area contributed by atoms with Crippen LogP contribution in [0.5, 0.6) is 0 Å². The van der Waals surface area contributed by atoms with Gasteiger partial charge in [-0.1, -0.05) is 0 Å². The van der Waals surface area contributed by atoms with Crippen LogP contribution in [0.4, 0.5) is 0 Å². The van der Waals surface area contributed by atoms with Gasteiger partial charge in [0.25, 0.3) is 0 Å². The van der Waals surface area contributed by atoms with Gasteiger partial charge in [0.15, 0.2) is 0 Å². The van der Waals surface area contributed by atoms with Crippen LogP contribution in [0.15, 0.2) is 29.5 Å². The summed E-state index contributed by atoms with van der Waals surface area (Å²) in [5.41, 5.74) is 1.13. The van der Waals surface area contributed by atoms with E-state index in [4.69, 9.17) is 0 Å². The zero-order chi connectivity index (χ0) is 8.10. The highest BCUT2D eigenvalue weighted by atomic mass is 32.2. The minimum Gasteiger partial charge on any atom is -0.281 e. The first-order chi connectivity index (χ1) is 5.38. The zero-order valence-corrected chi connectivity index (χ0v) is 7.43. The van der Waals surface area contributed by atoms with Crippen LogP contribution >= 0.6 is 11.8 Å². The predicted octanol–water partition coefficient (Wildman–Crippen LogP) is 1.82. The number of aromatic nitrogens is 1. The maximum atomic E-state index is 4.13. The fraction of sp³-hybridized carbons (Fsp3) is 0.250. The van der Waals surface area contributed by atoms with Gasteiger partial charge in [-0.25, -0.2) is 0 Å². The van der Waals surface area contributed by atoms with Crippen molar-refractivity contribution in [3.8, 4) is 0 Å². The largest absolute Gasteiger partial charge is 0.281 e. The number of rotatable bonds is 1. The van der Waals surface area contributed by atoms with E-state index in [1.807, 2.05) is 18.4 Å². The third kappa shape index (κ3) is 2.05. The molecule has 11 heavy (non-hydrogen) atoms. The van der Waals surface area contributed by atoms with E-state index in [1.54, 1.807) is 31.2 Å². The summed E-state index contributed by atoms with van der Waals surface area (Å²) in [6.45, 7) is 0. The van der Waals surface area contributed by atoms with E-state index < -0.39 is 0 Å². The van der Waals surface area contributed by atoms with Crippen molar-refractivity contribution >= 4 is 16.8 Å². The molecule has 0 saturated carbocycles. The molecule has 0 aliphatic rings. The summed E-state index contributed by atoms with van der Waals surface area (Å²) in [4.78, 5) is 8.06. The van der Waals surface area contributed by atoms with Crippen molar-refractivity contribution in [1.29, 1.82) is 0 Å². The highest BCUT2D eigenvalue weighted by Crippen LogP contribution is 2.08. The molecule has 1 rings (SSSR count). The molecular weight excluding hydrogens is 156 g/mol. The van der Waals surface area contributed by atoms with E-state index in [0.717, 1.165) is 10.6 Å². The Kier molecular flexibility index (Phi) is 3.11. The number of hydrogen-bond donors (Lipinski definition) is 0. The van der Waals surface area contributed by atoms with Crippen molar-refractivity contribution < 1.29 is 0 Å². The Morgan fingerprint density at radius 2 is 2.09 bits per heavy atom. The quantitative estimate of drug-likeness (QED) is 0.469. The van der Waals surface area contributed by atoms with E-state index in [-0.39, 0.29) is 0 Å². The normalized spacial score (nSPS) is 11.6. The van der Waals surface area contributed by atoms with Crippen molar-refractivity contribution in [2.24, 2.45) is 4.99 Å². The second-order valence-electron chi connectivity index (χ2n) is 1.97. The highest BCUT2D eigenvalue weighted by Gasteiger charge is 1.97. The van der Waals surface area contributed by atoms with Crippen LogP contribution in [-0.2, 0) is 0 Å². The molecule has 0 aromatic carbocycles. The van der Waals surface area contributed by atoms with Gasteiger partial charge in [-0.2, -0.15) is 0 Å². The van der Waals surface area contributed by atoms with Crippen LogP contribution in [0.25, 0.3) is 0 Å². The molecule has 1 aromatic rings. The lowest BCUT2D eigenvalue weighted by Gasteiger charge is -1.99. The monoisotopic (exact) mass is 166 g/mol. The molecule has 0 unspecified atom stereocenters. The Morgan fingerprint density at radius 3 is 2.55 bits per heavy atom. The van der Waals surface area contributed by atoms with Crippen LogP contribution < -0.4 is 0 Å². The summed E-state index contributed by atoms with van der Waals surface area (Å²) < 4.78 is 0. The van der Waals surface area contributed by atoms with Crippen LogP contribution in [0.1, 0.15) is 5.56 Å². The lowest BCUT2D eigenvalue weighted by Crippen LogP contribution is -1.93. The molecule has 0 aliphatic heterocycles. The van der Waals surface area contributed by atoms with Crippen molar-refractivity contribution in [2.75, 3.05) is 13.3 Å². The maximum Gasteiger partial charge on any atom is 0.0971 e. The van der Waals surface area contributed by atoms with Crippen molar-refractivity contribution in [1.82, 2.24) is 4.98 Å². The number of pyridine rings is 1. The summed E-state index contributed by atoms with van der Waals surface area (Å²) in [6, 6.07) is 3.91. The molecule has 0 spiro atoms. The van der Waals surface area contributed by atoms with Crippen molar-refractivity contribution in [3.05, 3.63) is 30.1 Å². The third-order valence-electron chi connectivity index (χ3n) is 1.32. The summed E-state index contributed by atoms with van der Waals surface area (Å²) in [6.07, 6.45) is 5.57. The molecule has 0 radical (unpaired) electrons. The Labute approximate surface area is 70.8 Å². The second kappa shape index (κ2) is 4.13. The summed E-state index contributed by atoms with van der Waals surface area (Å²) in [7, 11) is 1.80. The standard InChI is InChI=1S/C8H10N2S/c1-9-8(11-2)7-3-5-10-6-4-7/h3-6H,1-2H3. The van der Waals surface area contributed by atoms with Gasteiger partial charge in [-0.3, -0.25) is 9.98 Å². The molecule has 0 bridgehead atoms. The van der Waals surface area contributed by atoms with Gasteiger partial charge in [0, 0.05) is 25.0 Å². The Balaban J connectivity index is 2.92. The summed E-state index contributed by atoms with van der Waals surface area (Å²) >= 11 is 1.65. The van der Waals surface area contributed by atoms with Gasteiger partial charge in [-0.15, -0.1) is 11.8 Å². The van der Waals surface area contributed by atoms with Crippen molar-refractivity contribution in [3.63, 3.8) is 0 Å². The minimum atomic E-state index is 1.05. The molecule has 1 heterocycles. The van der Waals surface area contributed by atoms with Gasteiger partial charge < -0.3 is 0 Å². The Bertz CT molecular complexity index is 244. The van der Waals surface area contributed by atoms with E-state index in [0.29, 0.717) is 0 Å². The van der Waals surface area contributed by atoms with Gasteiger partial charge in [0.05, 0.1) is 5.04 Å². The fourth-order valence-electron chi connectivity index (χ4n) is 0.833. The number of hydrogen-bond acceptors (Lipinski definition) is 3. The molecule has 1 aromatic heterocycles. The first kappa shape index (κ1) is 8.27. The molecule has 0 fully saturated rings. The third-order valence-corrected chi connectivity index (χ3v) is 2.13. The number of aliphatic imine (C=N–C) groups is 1. The fourth-order valence-corrected chi connectivity index (χ4v) is 1.39. The first-order valence-corrected chi connectivity index (χ1v) is 4.52. The topological polar surface area (TPSA) is 25.2 Å². The molecular formula is C8H10N2S. The Morgan fingerprint density at radius 1 is 1.45 bits per heavy atom. The van der Waals surface area contributed by atoms with E-state index in [1.165, 1.54) is 0 Å². The molecule has 58 valence electrons. The molecule has 3 heteroatoms. The molecule has 0 amide bonds. The molecule has 2 nitrogen and oxygen atoms in total. The smallest absolute Gasteiger partial charge is 0.0971 e. The maximum absolute atomic E-state index is 4.13. The number of nitrogens with zero attached hydrogens (tertiary/aromatic N) is 2. The van der Waals surface area contributed by atoms with E-state index in [9.17, 15) is 0 Å². The number of thioether (sulfide) groups is 1. The van der Waals surface area contributed by atoms with Gasteiger partial charge >= 0.3 is 0 Å². The molecule has 0 atom stereocenters.